The van der Waals surface area contributed by atoms with Crippen LogP contribution in [0.15, 0.2) is 18.2 Å². The molecule has 0 aromatic heterocycles. The highest BCUT2D eigenvalue weighted by atomic mass is 16.5. The Labute approximate surface area is 114 Å². The highest BCUT2D eigenvalue weighted by molar-refractivity contribution is 5.91. The first-order valence-electron chi connectivity index (χ1n) is 6.92. The number of benzene rings is 1. The lowest BCUT2D eigenvalue weighted by Crippen LogP contribution is -2.09. The molecule has 1 aromatic rings. The van der Waals surface area contributed by atoms with Crippen LogP contribution in [0.5, 0.6) is 0 Å². The molecular formula is C15H22N2O2. The van der Waals surface area contributed by atoms with Crippen molar-refractivity contribution in [2.75, 3.05) is 24.7 Å². The Morgan fingerprint density at radius 3 is 2.84 bits per heavy atom. The van der Waals surface area contributed by atoms with Crippen molar-refractivity contribution in [2.24, 2.45) is 5.92 Å². The van der Waals surface area contributed by atoms with E-state index in [9.17, 15) is 4.79 Å². The zero-order chi connectivity index (χ0) is 13.7. The molecule has 4 heteroatoms. The fourth-order valence-electron chi connectivity index (χ4n) is 2.66. The van der Waals surface area contributed by atoms with E-state index in [-0.39, 0.29) is 5.97 Å². The van der Waals surface area contributed by atoms with E-state index in [1.54, 1.807) is 18.2 Å². The van der Waals surface area contributed by atoms with Crippen LogP contribution in [-0.2, 0) is 4.74 Å². The van der Waals surface area contributed by atoms with E-state index < -0.39 is 0 Å². The fourth-order valence-corrected chi connectivity index (χ4v) is 2.66. The van der Waals surface area contributed by atoms with Gasteiger partial charge in [0, 0.05) is 6.54 Å². The third kappa shape index (κ3) is 3.63. The molecule has 19 heavy (non-hydrogen) atoms. The zero-order valence-electron chi connectivity index (χ0n) is 11.4. The summed E-state index contributed by atoms with van der Waals surface area (Å²) in [6.45, 7) is 0.902. The Morgan fingerprint density at radius 2 is 2.16 bits per heavy atom. The smallest absolute Gasteiger partial charge is 0.337 e. The third-order valence-electron chi connectivity index (χ3n) is 3.82. The molecule has 0 aliphatic heterocycles. The molecule has 1 aliphatic rings. The number of esters is 1. The number of hydrogen-bond acceptors (Lipinski definition) is 4. The van der Waals surface area contributed by atoms with Gasteiger partial charge in [-0.1, -0.05) is 25.7 Å². The number of nitrogen functional groups attached to an aromatic ring is 1. The molecule has 4 nitrogen and oxygen atoms in total. The summed E-state index contributed by atoms with van der Waals surface area (Å²) < 4.78 is 4.71. The van der Waals surface area contributed by atoms with Gasteiger partial charge in [-0.2, -0.15) is 0 Å². The molecule has 0 bridgehead atoms. The molecule has 0 radical (unpaired) electrons. The summed E-state index contributed by atoms with van der Waals surface area (Å²) in [5.41, 5.74) is 7.92. The summed E-state index contributed by atoms with van der Waals surface area (Å²) in [5, 5.41) is 3.33. The first-order valence-corrected chi connectivity index (χ1v) is 6.92. The number of carbonyl (C=O) groups excluding carboxylic acids is 1. The summed E-state index contributed by atoms with van der Waals surface area (Å²) in [4.78, 5) is 11.5. The lowest BCUT2D eigenvalue weighted by atomic mass is 10.0. The van der Waals surface area contributed by atoms with E-state index in [0.29, 0.717) is 11.3 Å². The Kier molecular flexibility index (Phi) is 4.66. The van der Waals surface area contributed by atoms with Crippen LogP contribution in [0.2, 0.25) is 0 Å². The first kappa shape index (κ1) is 13.7. The molecule has 0 unspecified atom stereocenters. The van der Waals surface area contributed by atoms with Gasteiger partial charge in [-0.25, -0.2) is 4.79 Å². The molecule has 0 saturated heterocycles. The molecule has 1 aliphatic carbocycles. The number of ether oxygens (including phenoxy) is 1. The van der Waals surface area contributed by atoms with Crippen molar-refractivity contribution >= 4 is 17.3 Å². The van der Waals surface area contributed by atoms with Gasteiger partial charge >= 0.3 is 5.97 Å². The average molecular weight is 262 g/mol. The monoisotopic (exact) mass is 262 g/mol. The third-order valence-corrected chi connectivity index (χ3v) is 3.82. The van der Waals surface area contributed by atoms with E-state index in [2.05, 4.69) is 5.32 Å². The Hall–Kier alpha value is -1.71. The maximum Gasteiger partial charge on any atom is 0.337 e. The summed E-state index contributed by atoms with van der Waals surface area (Å²) in [5.74, 6) is 0.511. The molecule has 1 aromatic carbocycles. The maximum absolute atomic E-state index is 11.5. The number of nitrogens with one attached hydrogen (secondary N) is 1. The quantitative estimate of drug-likeness (QED) is 0.632. The van der Waals surface area contributed by atoms with E-state index in [0.717, 1.165) is 18.2 Å². The van der Waals surface area contributed by atoms with Gasteiger partial charge in [0.05, 0.1) is 24.0 Å². The summed E-state index contributed by atoms with van der Waals surface area (Å²) >= 11 is 0. The van der Waals surface area contributed by atoms with Gasteiger partial charge in [-0.15, -0.1) is 0 Å². The van der Waals surface area contributed by atoms with Crippen LogP contribution in [0, 0.1) is 5.92 Å². The number of nitrogens with two attached hydrogens (primary N) is 1. The molecule has 1 saturated carbocycles. The zero-order valence-corrected chi connectivity index (χ0v) is 11.4. The van der Waals surface area contributed by atoms with E-state index in [1.165, 1.54) is 39.2 Å². The predicted molar refractivity (Wildman–Crippen MR) is 77.3 cm³/mol. The molecule has 0 amide bonds. The highest BCUT2D eigenvalue weighted by Crippen LogP contribution is 2.28. The molecule has 0 atom stereocenters. The van der Waals surface area contributed by atoms with E-state index >= 15 is 0 Å². The van der Waals surface area contributed by atoms with Gasteiger partial charge in [-0.3, -0.25) is 0 Å². The predicted octanol–water partition coefficient (Wildman–Crippen LogP) is 3.05. The topological polar surface area (TPSA) is 64.3 Å². The van der Waals surface area contributed by atoms with Crippen molar-refractivity contribution in [1.29, 1.82) is 0 Å². The Morgan fingerprint density at radius 1 is 1.42 bits per heavy atom. The van der Waals surface area contributed by atoms with Gasteiger partial charge in [0.15, 0.2) is 0 Å². The number of anilines is 2. The minimum absolute atomic E-state index is 0.334. The van der Waals surface area contributed by atoms with Crippen molar-refractivity contribution in [1.82, 2.24) is 0 Å². The number of carbonyl (C=O) groups is 1. The van der Waals surface area contributed by atoms with E-state index in [4.69, 9.17) is 10.5 Å². The van der Waals surface area contributed by atoms with Crippen LogP contribution in [0.3, 0.4) is 0 Å². The Balaban J connectivity index is 1.92. The van der Waals surface area contributed by atoms with Crippen LogP contribution in [0.1, 0.15) is 42.5 Å². The molecule has 2 rings (SSSR count). The highest BCUT2D eigenvalue weighted by Gasteiger charge is 2.14. The second kappa shape index (κ2) is 6.45. The SMILES string of the molecule is COC(=O)c1ccc(N)c(NCCC2CCCC2)c1. The van der Waals surface area contributed by atoms with Crippen LogP contribution in [0.4, 0.5) is 11.4 Å². The lowest BCUT2D eigenvalue weighted by Gasteiger charge is -2.13. The maximum atomic E-state index is 11.5. The van der Waals surface area contributed by atoms with Crippen LogP contribution in [0.25, 0.3) is 0 Å². The molecule has 0 heterocycles. The van der Waals surface area contributed by atoms with Crippen molar-refractivity contribution in [3.8, 4) is 0 Å². The van der Waals surface area contributed by atoms with Gasteiger partial charge in [0.1, 0.15) is 0 Å². The standard InChI is InChI=1S/C15H22N2O2/c1-19-15(18)12-6-7-13(16)14(10-12)17-9-8-11-4-2-3-5-11/h6-7,10-11,17H,2-5,8-9,16H2,1H3. The first-order chi connectivity index (χ1) is 9.20. The van der Waals surface area contributed by atoms with Crippen molar-refractivity contribution < 1.29 is 9.53 Å². The molecular weight excluding hydrogens is 240 g/mol. The van der Waals surface area contributed by atoms with E-state index in [1.807, 2.05) is 0 Å². The van der Waals surface area contributed by atoms with Gasteiger partial charge in [-0.05, 0) is 30.5 Å². The second-order valence-corrected chi connectivity index (χ2v) is 5.16. The van der Waals surface area contributed by atoms with Crippen LogP contribution >= 0.6 is 0 Å². The molecule has 104 valence electrons. The summed E-state index contributed by atoms with van der Waals surface area (Å²) in [6, 6.07) is 5.18. The number of methoxy groups -OCH3 is 1. The number of hydrogen-bond donors (Lipinski definition) is 2. The normalized spacial score (nSPS) is 15.4. The van der Waals surface area contributed by atoms with Crippen molar-refractivity contribution in [2.45, 2.75) is 32.1 Å². The minimum Gasteiger partial charge on any atom is -0.465 e. The second-order valence-electron chi connectivity index (χ2n) is 5.16. The van der Waals surface area contributed by atoms with Crippen LogP contribution < -0.4 is 11.1 Å². The summed E-state index contributed by atoms with van der Waals surface area (Å²) in [7, 11) is 1.38. The van der Waals surface area contributed by atoms with Gasteiger partial charge in [0.2, 0.25) is 0 Å². The minimum atomic E-state index is -0.334. The molecule has 0 spiro atoms. The average Bonchev–Trinajstić information content (AvgIpc) is 2.93. The summed E-state index contributed by atoms with van der Waals surface area (Å²) in [6.07, 6.45) is 6.59. The molecule has 3 N–H and O–H groups in total. The Bertz CT molecular complexity index is 440. The largest absolute Gasteiger partial charge is 0.465 e. The van der Waals surface area contributed by atoms with Gasteiger partial charge < -0.3 is 15.8 Å². The van der Waals surface area contributed by atoms with Crippen molar-refractivity contribution in [3.05, 3.63) is 23.8 Å². The van der Waals surface area contributed by atoms with Crippen LogP contribution in [-0.4, -0.2) is 19.6 Å². The number of rotatable bonds is 5. The lowest BCUT2D eigenvalue weighted by molar-refractivity contribution is 0.0601. The molecule has 1 fully saturated rings. The van der Waals surface area contributed by atoms with Gasteiger partial charge in [0.25, 0.3) is 0 Å². The fraction of sp³-hybridized carbons (Fsp3) is 0.533. The van der Waals surface area contributed by atoms with Crippen molar-refractivity contribution in [3.63, 3.8) is 0 Å².